The molecule has 7 nitrogen and oxygen atoms in total. The number of rotatable bonds is 4. The lowest BCUT2D eigenvalue weighted by Crippen LogP contribution is -2.38. The minimum Gasteiger partial charge on any atom is -0.409 e. The maximum Gasteiger partial charge on any atom is 0.192 e. The lowest BCUT2D eigenvalue weighted by atomic mass is 9.81. The summed E-state index contributed by atoms with van der Waals surface area (Å²) in [5.74, 6) is 0.791. The van der Waals surface area contributed by atoms with Crippen LogP contribution in [0.15, 0.2) is 17.5 Å². The minimum absolute atomic E-state index is 0.0707. The van der Waals surface area contributed by atoms with Gasteiger partial charge in [0, 0.05) is 25.0 Å². The van der Waals surface area contributed by atoms with E-state index in [2.05, 4.69) is 20.4 Å². The number of hydrogen-bond donors (Lipinski definition) is 4. The number of nitrogens with zero attached hydrogens (tertiary/aromatic N) is 3. The molecule has 1 aliphatic carbocycles. The number of nitrogens with one attached hydrogen (secondary N) is 1. The lowest BCUT2D eigenvalue weighted by Gasteiger charge is -2.35. The average Bonchev–Trinajstić information content (AvgIpc) is 2.32. The molecule has 7 heteroatoms. The molecule has 92 valence electrons. The van der Waals surface area contributed by atoms with E-state index in [4.69, 9.17) is 16.0 Å². The Morgan fingerprint density at radius 1 is 1.47 bits per heavy atom. The molecule has 0 amide bonds. The predicted molar refractivity (Wildman–Crippen MR) is 61.8 cm³/mol. The number of aromatic nitrogens is 2. The number of aliphatic hydroxyl groups excluding tert-OH is 1. The molecule has 0 aliphatic heterocycles. The van der Waals surface area contributed by atoms with Crippen LogP contribution in [0.25, 0.3) is 0 Å². The van der Waals surface area contributed by atoms with Crippen molar-refractivity contribution in [2.24, 2.45) is 16.8 Å². The van der Waals surface area contributed by atoms with Crippen LogP contribution >= 0.6 is 0 Å². The van der Waals surface area contributed by atoms with Gasteiger partial charge in [-0.05, 0) is 18.8 Å². The highest BCUT2D eigenvalue weighted by Crippen LogP contribution is 2.29. The van der Waals surface area contributed by atoms with E-state index >= 15 is 0 Å². The summed E-state index contributed by atoms with van der Waals surface area (Å²) in [5, 5.41) is 23.6. The van der Waals surface area contributed by atoms with Gasteiger partial charge in [-0.2, -0.15) is 0 Å². The van der Waals surface area contributed by atoms with Crippen LogP contribution < -0.4 is 11.1 Å². The fraction of sp³-hybridized carbons (Fsp3) is 0.500. The van der Waals surface area contributed by atoms with E-state index in [9.17, 15) is 0 Å². The van der Waals surface area contributed by atoms with Gasteiger partial charge in [-0.1, -0.05) is 5.16 Å². The Morgan fingerprint density at radius 2 is 2.18 bits per heavy atom. The van der Waals surface area contributed by atoms with Gasteiger partial charge in [-0.25, -0.2) is 9.97 Å². The number of aliphatic hydroxyl groups is 1. The molecule has 1 aromatic rings. The highest BCUT2D eigenvalue weighted by molar-refractivity contribution is 5.99. The molecule has 17 heavy (non-hydrogen) atoms. The van der Waals surface area contributed by atoms with Crippen molar-refractivity contribution in [2.75, 3.05) is 11.9 Å². The Balaban J connectivity index is 2.06. The Bertz CT molecular complexity index is 417. The van der Waals surface area contributed by atoms with Gasteiger partial charge in [0.25, 0.3) is 0 Å². The van der Waals surface area contributed by atoms with Gasteiger partial charge >= 0.3 is 0 Å². The zero-order valence-corrected chi connectivity index (χ0v) is 9.24. The van der Waals surface area contributed by atoms with Gasteiger partial charge in [-0.15, -0.1) is 0 Å². The van der Waals surface area contributed by atoms with Crippen LogP contribution in [-0.2, 0) is 0 Å². The molecule has 1 heterocycles. The van der Waals surface area contributed by atoms with Crippen LogP contribution in [0.5, 0.6) is 0 Å². The van der Waals surface area contributed by atoms with Crippen molar-refractivity contribution < 1.29 is 10.3 Å². The molecule has 0 atom stereocenters. The third-order valence-corrected chi connectivity index (χ3v) is 2.88. The summed E-state index contributed by atoms with van der Waals surface area (Å²) in [5.41, 5.74) is 5.84. The highest BCUT2D eigenvalue weighted by Gasteiger charge is 2.29. The largest absolute Gasteiger partial charge is 0.409 e. The molecule has 0 spiro atoms. The van der Waals surface area contributed by atoms with Gasteiger partial charge in [0.15, 0.2) is 17.3 Å². The molecule has 0 unspecified atom stereocenters. The van der Waals surface area contributed by atoms with Crippen molar-refractivity contribution in [3.8, 4) is 0 Å². The van der Waals surface area contributed by atoms with E-state index in [1.165, 1.54) is 6.20 Å². The molecule has 0 radical (unpaired) electrons. The number of nitrogens with two attached hydrogens (primary N) is 1. The highest BCUT2D eigenvalue weighted by atomic mass is 16.4. The van der Waals surface area contributed by atoms with E-state index < -0.39 is 0 Å². The maximum atomic E-state index is 8.92. The number of hydrogen-bond acceptors (Lipinski definition) is 6. The Labute approximate surface area is 98.4 Å². The summed E-state index contributed by atoms with van der Waals surface area (Å²) < 4.78 is 0. The van der Waals surface area contributed by atoms with Gasteiger partial charge < -0.3 is 21.4 Å². The Kier molecular flexibility index (Phi) is 3.38. The molecular formula is C10H15N5O2. The van der Waals surface area contributed by atoms with Gasteiger partial charge in [0.2, 0.25) is 0 Å². The van der Waals surface area contributed by atoms with E-state index in [-0.39, 0.29) is 18.5 Å². The quantitative estimate of drug-likeness (QED) is 0.248. The molecule has 5 N–H and O–H groups in total. The fourth-order valence-corrected chi connectivity index (χ4v) is 1.87. The molecule has 0 bridgehead atoms. The summed E-state index contributed by atoms with van der Waals surface area (Å²) in [4.78, 5) is 8.12. The standard InChI is InChI=1S/C10H15N5O2/c11-9(15-17)8-10(13-2-1-12-8)14-7-3-6(4-7)5-16/h1-2,6-7,16-17H,3-5H2,(H2,11,15)(H,13,14). The number of oxime groups is 1. The summed E-state index contributed by atoms with van der Waals surface area (Å²) in [6.07, 6.45) is 4.81. The maximum absolute atomic E-state index is 8.92. The van der Waals surface area contributed by atoms with Crippen molar-refractivity contribution in [2.45, 2.75) is 18.9 Å². The minimum atomic E-state index is -0.0707. The average molecular weight is 237 g/mol. The summed E-state index contributed by atoms with van der Waals surface area (Å²) in [6, 6.07) is 0.258. The second-order valence-electron chi connectivity index (χ2n) is 4.10. The zero-order valence-electron chi connectivity index (χ0n) is 9.24. The third-order valence-electron chi connectivity index (χ3n) is 2.88. The van der Waals surface area contributed by atoms with Crippen molar-refractivity contribution in [3.05, 3.63) is 18.1 Å². The van der Waals surface area contributed by atoms with Crippen molar-refractivity contribution >= 4 is 11.7 Å². The normalized spacial score (nSPS) is 24.2. The first-order valence-corrected chi connectivity index (χ1v) is 5.41. The monoisotopic (exact) mass is 237 g/mol. The zero-order chi connectivity index (χ0) is 12.3. The van der Waals surface area contributed by atoms with Gasteiger partial charge in [-0.3, -0.25) is 0 Å². The SMILES string of the molecule is N/C(=N\O)c1nccnc1NC1CC(CO)C1. The van der Waals surface area contributed by atoms with Crippen LogP contribution in [-0.4, -0.2) is 38.8 Å². The molecular weight excluding hydrogens is 222 g/mol. The summed E-state index contributed by atoms with van der Waals surface area (Å²) in [6.45, 7) is 0.214. The van der Waals surface area contributed by atoms with Crippen molar-refractivity contribution in [3.63, 3.8) is 0 Å². The predicted octanol–water partition coefficient (Wildman–Crippen LogP) is -0.246. The first kappa shape index (κ1) is 11.6. The molecule has 0 aromatic carbocycles. The molecule has 0 saturated heterocycles. The topological polar surface area (TPSA) is 117 Å². The van der Waals surface area contributed by atoms with E-state index in [0.717, 1.165) is 12.8 Å². The Hall–Kier alpha value is -1.89. The van der Waals surface area contributed by atoms with Crippen LogP contribution in [0.2, 0.25) is 0 Å². The molecule has 2 rings (SSSR count). The van der Waals surface area contributed by atoms with Crippen LogP contribution in [0.1, 0.15) is 18.5 Å². The number of anilines is 1. The smallest absolute Gasteiger partial charge is 0.192 e. The Morgan fingerprint density at radius 3 is 2.82 bits per heavy atom. The summed E-state index contributed by atoms with van der Waals surface area (Å²) >= 11 is 0. The molecule has 1 saturated carbocycles. The fourth-order valence-electron chi connectivity index (χ4n) is 1.87. The lowest BCUT2D eigenvalue weighted by molar-refractivity contribution is 0.151. The van der Waals surface area contributed by atoms with Gasteiger partial charge in [0.1, 0.15) is 0 Å². The second kappa shape index (κ2) is 4.96. The van der Waals surface area contributed by atoms with E-state index in [1.54, 1.807) is 6.20 Å². The molecule has 1 fully saturated rings. The first-order chi connectivity index (χ1) is 8.24. The van der Waals surface area contributed by atoms with Crippen LogP contribution in [0, 0.1) is 5.92 Å². The summed E-state index contributed by atoms with van der Waals surface area (Å²) in [7, 11) is 0. The first-order valence-electron chi connectivity index (χ1n) is 5.41. The van der Waals surface area contributed by atoms with Crippen LogP contribution in [0.4, 0.5) is 5.82 Å². The molecule has 1 aliphatic rings. The molecule has 1 aromatic heterocycles. The van der Waals surface area contributed by atoms with Crippen molar-refractivity contribution in [1.82, 2.24) is 9.97 Å². The number of amidine groups is 1. The third kappa shape index (κ3) is 2.44. The van der Waals surface area contributed by atoms with E-state index in [0.29, 0.717) is 17.4 Å². The van der Waals surface area contributed by atoms with Crippen molar-refractivity contribution in [1.29, 1.82) is 0 Å². The second-order valence-corrected chi connectivity index (χ2v) is 4.10. The van der Waals surface area contributed by atoms with Crippen LogP contribution in [0.3, 0.4) is 0 Å². The van der Waals surface area contributed by atoms with Gasteiger partial charge in [0.05, 0.1) is 0 Å². The van der Waals surface area contributed by atoms with E-state index in [1.807, 2.05) is 0 Å².